The monoisotopic (exact) mass is 363 g/mol. The number of hydrogen-bond donors (Lipinski definition) is 2. The lowest BCUT2D eigenvalue weighted by atomic mass is 10.3. The second-order valence-corrected chi connectivity index (χ2v) is 7.39. The van der Waals surface area contributed by atoms with Crippen LogP contribution in [0.25, 0.3) is 0 Å². The molecule has 1 rings (SSSR count). The number of sulfonamides is 1. The Morgan fingerprint density at radius 3 is 2.70 bits per heavy atom. The molecule has 1 heterocycles. The molecule has 0 unspecified atom stereocenters. The number of hydrogen-bond acceptors (Lipinski definition) is 4. The predicted octanol–water partition coefficient (Wildman–Crippen LogP) is 2.67. The van der Waals surface area contributed by atoms with E-state index in [9.17, 15) is 8.42 Å². The molecule has 0 bridgehead atoms. The number of halogens is 1. The van der Waals surface area contributed by atoms with Crippen LogP contribution in [0, 0.1) is 6.92 Å². The van der Waals surface area contributed by atoms with Crippen molar-refractivity contribution in [2.75, 3.05) is 23.6 Å². The molecule has 114 valence electrons. The van der Waals surface area contributed by atoms with Crippen molar-refractivity contribution in [3.05, 3.63) is 22.3 Å². The smallest absolute Gasteiger partial charge is 0.233 e. The van der Waals surface area contributed by atoms with Crippen LogP contribution in [-0.2, 0) is 10.0 Å². The van der Waals surface area contributed by atoms with Gasteiger partial charge in [0.2, 0.25) is 10.0 Å². The van der Waals surface area contributed by atoms with Crippen LogP contribution in [0.5, 0.6) is 0 Å². The van der Waals surface area contributed by atoms with Gasteiger partial charge in [0.15, 0.2) is 0 Å². The van der Waals surface area contributed by atoms with E-state index in [0.717, 1.165) is 36.0 Å². The van der Waals surface area contributed by atoms with Crippen LogP contribution in [0.1, 0.15) is 31.7 Å². The molecule has 0 saturated carbocycles. The van der Waals surface area contributed by atoms with E-state index in [2.05, 4.69) is 37.9 Å². The second-order valence-electron chi connectivity index (χ2n) is 4.70. The Hall–Kier alpha value is -0.660. The molecule has 0 spiro atoms. The summed E-state index contributed by atoms with van der Waals surface area (Å²) < 4.78 is 27.2. The van der Waals surface area contributed by atoms with Crippen LogP contribution < -0.4 is 10.0 Å². The third-order valence-corrected chi connectivity index (χ3v) is 4.93. The number of pyridine rings is 1. The van der Waals surface area contributed by atoms with Crippen molar-refractivity contribution in [3.63, 3.8) is 0 Å². The van der Waals surface area contributed by atoms with Crippen molar-refractivity contribution in [2.45, 2.75) is 33.1 Å². The predicted molar refractivity (Wildman–Crippen MR) is 86.5 cm³/mol. The number of aryl methyl sites for hydroxylation is 1. The Bertz CT molecular complexity index is 520. The molecule has 7 heteroatoms. The molecule has 1 aromatic heterocycles. The number of rotatable bonds is 9. The van der Waals surface area contributed by atoms with Gasteiger partial charge < -0.3 is 5.32 Å². The normalized spacial score (nSPS) is 11.6. The van der Waals surface area contributed by atoms with E-state index in [1.165, 1.54) is 0 Å². The minimum absolute atomic E-state index is 0.123. The Kier molecular flexibility index (Phi) is 7.47. The number of nitrogens with one attached hydrogen (secondary N) is 2. The minimum Gasteiger partial charge on any atom is -0.317 e. The summed E-state index contributed by atoms with van der Waals surface area (Å²) in [4.78, 5) is 4.04. The maximum atomic E-state index is 11.9. The Balaban J connectivity index is 2.39. The first kappa shape index (κ1) is 17.4. The molecule has 0 aliphatic rings. The molecule has 1 aromatic rings. The van der Waals surface area contributed by atoms with Gasteiger partial charge >= 0.3 is 0 Å². The molecule has 0 fully saturated rings. The topological polar surface area (TPSA) is 71.1 Å². The largest absolute Gasteiger partial charge is 0.317 e. The third kappa shape index (κ3) is 6.67. The van der Waals surface area contributed by atoms with E-state index in [1.807, 2.05) is 6.92 Å². The average Bonchev–Trinajstić information content (AvgIpc) is 2.38. The van der Waals surface area contributed by atoms with Crippen molar-refractivity contribution in [3.8, 4) is 0 Å². The van der Waals surface area contributed by atoms with Crippen LogP contribution in [-0.4, -0.2) is 32.2 Å². The van der Waals surface area contributed by atoms with E-state index < -0.39 is 10.0 Å². The van der Waals surface area contributed by atoms with Gasteiger partial charge in [-0.15, -0.1) is 0 Å². The molecule has 0 saturated heterocycles. The summed E-state index contributed by atoms with van der Waals surface area (Å²) in [5.74, 6) is 0.493. The van der Waals surface area contributed by atoms with Crippen LogP contribution in [0.4, 0.5) is 5.82 Å². The highest BCUT2D eigenvalue weighted by atomic mass is 79.9. The van der Waals surface area contributed by atoms with Crippen LogP contribution in [0.3, 0.4) is 0 Å². The number of aromatic nitrogens is 1. The van der Waals surface area contributed by atoms with Crippen molar-refractivity contribution in [1.29, 1.82) is 0 Å². The lowest BCUT2D eigenvalue weighted by Gasteiger charge is -2.08. The average molecular weight is 364 g/mol. The molecule has 2 N–H and O–H groups in total. The van der Waals surface area contributed by atoms with Crippen LogP contribution in [0.2, 0.25) is 0 Å². The minimum atomic E-state index is -3.31. The van der Waals surface area contributed by atoms with Crippen molar-refractivity contribution in [1.82, 2.24) is 10.3 Å². The fraction of sp³-hybridized carbons (Fsp3) is 0.615. The Morgan fingerprint density at radius 1 is 1.30 bits per heavy atom. The van der Waals surface area contributed by atoms with Gasteiger partial charge in [-0.25, -0.2) is 13.4 Å². The SMILES string of the molecule is CCCNCCCCS(=O)(=O)Nc1cc(C)c(Br)cn1. The maximum Gasteiger partial charge on any atom is 0.233 e. The van der Waals surface area contributed by atoms with Gasteiger partial charge in [0, 0.05) is 10.7 Å². The van der Waals surface area contributed by atoms with E-state index in [0.29, 0.717) is 12.2 Å². The zero-order chi connectivity index (χ0) is 15.0. The summed E-state index contributed by atoms with van der Waals surface area (Å²) in [6.45, 7) is 5.84. The Morgan fingerprint density at radius 2 is 2.05 bits per heavy atom. The van der Waals surface area contributed by atoms with Gasteiger partial charge in [-0.3, -0.25) is 4.72 Å². The van der Waals surface area contributed by atoms with Crippen molar-refractivity contribution < 1.29 is 8.42 Å². The standard InChI is InChI=1S/C13H22BrN3O2S/c1-3-6-15-7-4-5-8-20(18,19)17-13-9-11(2)12(14)10-16-13/h9-10,15H,3-8H2,1-2H3,(H,16,17). The fourth-order valence-corrected chi connectivity index (χ4v) is 2.98. The molecule has 0 aliphatic carbocycles. The van der Waals surface area contributed by atoms with Crippen LogP contribution >= 0.6 is 15.9 Å². The lowest BCUT2D eigenvalue weighted by molar-refractivity contribution is 0.590. The summed E-state index contributed by atoms with van der Waals surface area (Å²) in [6, 6.07) is 1.71. The maximum absolute atomic E-state index is 11.9. The zero-order valence-corrected chi connectivity index (χ0v) is 14.3. The van der Waals surface area contributed by atoms with Crippen molar-refractivity contribution >= 4 is 31.8 Å². The fourth-order valence-electron chi connectivity index (χ4n) is 1.65. The van der Waals surface area contributed by atoms with E-state index in [4.69, 9.17) is 0 Å². The highest BCUT2D eigenvalue weighted by Gasteiger charge is 2.11. The van der Waals surface area contributed by atoms with Gasteiger partial charge in [-0.2, -0.15) is 0 Å². The van der Waals surface area contributed by atoms with E-state index >= 15 is 0 Å². The molecule has 20 heavy (non-hydrogen) atoms. The number of nitrogens with zero attached hydrogens (tertiary/aromatic N) is 1. The molecular weight excluding hydrogens is 342 g/mol. The third-order valence-electron chi connectivity index (χ3n) is 2.75. The summed E-state index contributed by atoms with van der Waals surface area (Å²) >= 11 is 3.33. The molecule has 0 aliphatic heterocycles. The second kappa shape index (κ2) is 8.59. The summed E-state index contributed by atoms with van der Waals surface area (Å²) in [7, 11) is -3.31. The van der Waals surface area contributed by atoms with E-state index in [-0.39, 0.29) is 5.75 Å². The quantitative estimate of drug-likeness (QED) is 0.661. The van der Waals surface area contributed by atoms with Crippen LogP contribution in [0.15, 0.2) is 16.7 Å². The number of unbranched alkanes of at least 4 members (excludes halogenated alkanes) is 1. The molecule has 0 atom stereocenters. The summed E-state index contributed by atoms with van der Waals surface area (Å²) in [5, 5.41) is 3.25. The van der Waals surface area contributed by atoms with Crippen molar-refractivity contribution in [2.24, 2.45) is 0 Å². The first-order valence-corrected chi connectivity index (χ1v) is 9.22. The zero-order valence-electron chi connectivity index (χ0n) is 11.9. The lowest BCUT2D eigenvalue weighted by Crippen LogP contribution is -2.20. The van der Waals surface area contributed by atoms with Gasteiger partial charge in [0.05, 0.1) is 5.75 Å². The molecular formula is C13H22BrN3O2S. The summed E-state index contributed by atoms with van der Waals surface area (Å²) in [5.41, 5.74) is 0.946. The highest BCUT2D eigenvalue weighted by Crippen LogP contribution is 2.18. The van der Waals surface area contributed by atoms with Gasteiger partial charge in [0.1, 0.15) is 5.82 Å². The first-order valence-electron chi connectivity index (χ1n) is 6.78. The molecule has 5 nitrogen and oxygen atoms in total. The van der Waals surface area contributed by atoms with Gasteiger partial charge in [0.25, 0.3) is 0 Å². The molecule has 0 aromatic carbocycles. The Labute approximate surface area is 129 Å². The number of anilines is 1. The molecule has 0 radical (unpaired) electrons. The first-order chi connectivity index (χ1) is 9.44. The van der Waals surface area contributed by atoms with Gasteiger partial charge in [-0.1, -0.05) is 6.92 Å². The highest BCUT2D eigenvalue weighted by molar-refractivity contribution is 9.10. The summed E-state index contributed by atoms with van der Waals surface area (Å²) in [6.07, 6.45) is 4.19. The van der Waals surface area contributed by atoms with E-state index in [1.54, 1.807) is 12.3 Å². The van der Waals surface area contributed by atoms with Gasteiger partial charge in [-0.05, 0) is 66.8 Å². The molecule has 0 amide bonds.